The van der Waals surface area contributed by atoms with Crippen molar-refractivity contribution in [3.05, 3.63) is 48.6 Å². The third kappa shape index (κ3) is 44.3. The second-order valence-electron chi connectivity index (χ2n) is 16.1. The predicted molar refractivity (Wildman–Crippen MR) is 242 cm³/mol. The molecule has 0 aromatic rings. The Morgan fingerprint density at radius 2 is 0.702 bits per heavy atom. The first kappa shape index (κ1) is 54.4. The van der Waals surface area contributed by atoms with Crippen molar-refractivity contribution in [2.45, 2.75) is 245 Å². The molecule has 0 saturated heterocycles. The predicted octanol–water partition coefficient (Wildman–Crippen LogP) is 15.5. The molecule has 0 bridgehead atoms. The number of hydrogen-bond donors (Lipinski definition) is 0. The van der Waals surface area contributed by atoms with Gasteiger partial charge in [-0.25, -0.2) is 0 Å². The van der Waals surface area contributed by atoms with Crippen LogP contribution in [0.2, 0.25) is 0 Å². The summed E-state index contributed by atoms with van der Waals surface area (Å²) in [5.41, 5.74) is 0. The molecule has 0 radical (unpaired) electrons. The van der Waals surface area contributed by atoms with Gasteiger partial charge in [-0.15, -0.1) is 0 Å². The fourth-order valence-corrected chi connectivity index (χ4v) is 6.73. The topological polar surface area (TPSA) is 78.9 Å². The highest BCUT2D eigenvalue weighted by Gasteiger charge is 2.19. The van der Waals surface area contributed by atoms with Gasteiger partial charge in [0.05, 0.1) is 0 Å². The third-order valence-corrected chi connectivity index (χ3v) is 10.4. The molecule has 1 atom stereocenters. The van der Waals surface area contributed by atoms with Crippen LogP contribution in [0.5, 0.6) is 0 Å². The second kappa shape index (κ2) is 46.1. The molecule has 6 nitrogen and oxygen atoms in total. The van der Waals surface area contributed by atoms with Crippen LogP contribution in [0, 0.1) is 0 Å². The number of esters is 3. The van der Waals surface area contributed by atoms with Crippen LogP contribution < -0.4 is 0 Å². The van der Waals surface area contributed by atoms with Gasteiger partial charge < -0.3 is 14.2 Å². The minimum Gasteiger partial charge on any atom is -0.462 e. The molecule has 0 amide bonds. The maximum Gasteiger partial charge on any atom is 0.306 e. The Labute approximate surface area is 352 Å². The smallest absolute Gasteiger partial charge is 0.306 e. The van der Waals surface area contributed by atoms with Crippen molar-refractivity contribution in [1.29, 1.82) is 0 Å². The lowest BCUT2D eigenvalue weighted by Gasteiger charge is -2.18. The molecule has 1 unspecified atom stereocenters. The molecule has 0 aliphatic rings. The van der Waals surface area contributed by atoms with Crippen molar-refractivity contribution in [3.8, 4) is 0 Å². The summed E-state index contributed by atoms with van der Waals surface area (Å²) in [6, 6.07) is 0. The van der Waals surface area contributed by atoms with Crippen LogP contribution in [0.4, 0.5) is 0 Å². The van der Waals surface area contributed by atoms with E-state index in [-0.39, 0.29) is 31.1 Å². The molecule has 0 aromatic carbocycles. The Kier molecular flexibility index (Phi) is 43.9. The largest absolute Gasteiger partial charge is 0.462 e. The summed E-state index contributed by atoms with van der Waals surface area (Å²) in [6.45, 7) is 6.47. The van der Waals surface area contributed by atoms with E-state index >= 15 is 0 Å². The zero-order valence-electron chi connectivity index (χ0n) is 37.6. The molecule has 0 spiro atoms. The Morgan fingerprint density at radius 3 is 1.12 bits per heavy atom. The van der Waals surface area contributed by atoms with Crippen LogP contribution in [0.3, 0.4) is 0 Å². The zero-order chi connectivity index (χ0) is 41.5. The normalized spacial score (nSPS) is 12.4. The van der Waals surface area contributed by atoms with Gasteiger partial charge in [-0.2, -0.15) is 0 Å². The molecule has 0 N–H and O–H groups in total. The van der Waals surface area contributed by atoms with E-state index < -0.39 is 6.10 Å². The number of hydrogen-bond acceptors (Lipinski definition) is 6. The van der Waals surface area contributed by atoms with Crippen LogP contribution in [0.15, 0.2) is 48.6 Å². The molecule has 0 saturated carbocycles. The maximum atomic E-state index is 12.7. The van der Waals surface area contributed by atoms with Crippen molar-refractivity contribution < 1.29 is 28.6 Å². The van der Waals surface area contributed by atoms with Crippen LogP contribution in [0.1, 0.15) is 239 Å². The van der Waals surface area contributed by atoms with E-state index in [0.717, 1.165) is 96.3 Å². The number of allylic oxidation sites excluding steroid dienone is 8. The molecule has 330 valence electrons. The molecule has 0 aliphatic carbocycles. The number of unbranched alkanes of at least 4 members (excludes halogenated alkanes) is 26. The van der Waals surface area contributed by atoms with Gasteiger partial charge in [0, 0.05) is 19.3 Å². The van der Waals surface area contributed by atoms with Gasteiger partial charge in [0.2, 0.25) is 0 Å². The Balaban J connectivity index is 4.42. The van der Waals surface area contributed by atoms with Gasteiger partial charge >= 0.3 is 17.9 Å². The molecule has 6 heteroatoms. The average Bonchev–Trinajstić information content (AvgIpc) is 3.21. The maximum absolute atomic E-state index is 12.7. The van der Waals surface area contributed by atoms with Crippen molar-refractivity contribution in [2.24, 2.45) is 0 Å². The van der Waals surface area contributed by atoms with Gasteiger partial charge in [-0.05, 0) is 64.2 Å². The summed E-state index contributed by atoms with van der Waals surface area (Å²) in [6.07, 6.45) is 53.8. The first-order chi connectivity index (χ1) is 28.0. The highest BCUT2D eigenvalue weighted by atomic mass is 16.6. The fourth-order valence-electron chi connectivity index (χ4n) is 6.73. The molecular weight excluding hydrogens is 709 g/mol. The SMILES string of the molecule is CC\C=C/C=C\C=C/CCCCCCCC(=O)OC(COC(=O)CCCCC/C=C\CCCCCCCCC)COC(=O)CCCCCCCCCCCCCC. The van der Waals surface area contributed by atoms with Crippen molar-refractivity contribution in [1.82, 2.24) is 0 Å². The Morgan fingerprint density at radius 1 is 0.368 bits per heavy atom. The van der Waals surface area contributed by atoms with Gasteiger partial charge in [0.1, 0.15) is 13.2 Å². The Bertz CT molecular complexity index is 1010. The summed E-state index contributed by atoms with van der Waals surface area (Å²) in [7, 11) is 0. The van der Waals surface area contributed by atoms with Crippen molar-refractivity contribution >= 4 is 17.9 Å². The summed E-state index contributed by atoms with van der Waals surface area (Å²) < 4.78 is 16.7. The Hall–Kier alpha value is -2.63. The summed E-state index contributed by atoms with van der Waals surface area (Å²) in [5, 5.41) is 0. The van der Waals surface area contributed by atoms with Crippen molar-refractivity contribution in [2.75, 3.05) is 13.2 Å². The highest BCUT2D eigenvalue weighted by molar-refractivity contribution is 5.71. The average molecular weight is 799 g/mol. The standard InChI is InChI=1S/C51H90O6/c1-4-7-10-13-16-19-22-25-27-29-32-35-38-41-44-50(53)56-47-48(46-55-49(52)43-40-37-34-31-28-24-21-18-15-12-9-6-3)57-51(54)45-42-39-36-33-30-26-23-20-17-14-11-8-5-2/h8,11,14,17,20,23,27,29,48H,4-7,9-10,12-13,15-16,18-19,21-22,24-26,28,30-47H2,1-3H3/b11-8-,17-14-,23-20-,29-27-. The van der Waals surface area contributed by atoms with E-state index in [0.29, 0.717) is 19.3 Å². The second-order valence-corrected chi connectivity index (χ2v) is 16.1. The van der Waals surface area contributed by atoms with E-state index in [1.807, 2.05) is 0 Å². The van der Waals surface area contributed by atoms with Crippen LogP contribution in [-0.4, -0.2) is 37.2 Å². The molecular formula is C51H90O6. The molecule has 0 rings (SSSR count). The molecule has 0 fully saturated rings. The quantitative estimate of drug-likeness (QED) is 0.0201. The zero-order valence-corrected chi connectivity index (χ0v) is 37.6. The third-order valence-electron chi connectivity index (χ3n) is 10.4. The van der Waals surface area contributed by atoms with Gasteiger partial charge in [-0.1, -0.05) is 204 Å². The van der Waals surface area contributed by atoms with Crippen LogP contribution in [0.25, 0.3) is 0 Å². The van der Waals surface area contributed by atoms with E-state index in [9.17, 15) is 14.4 Å². The number of rotatable bonds is 43. The minimum absolute atomic E-state index is 0.0844. The lowest BCUT2D eigenvalue weighted by Crippen LogP contribution is -2.30. The number of carbonyl (C=O) groups excluding carboxylic acids is 3. The molecule has 0 aromatic heterocycles. The summed E-state index contributed by atoms with van der Waals surface area (Å²) >= 11 is 0. The first-order valence-electron chi connectivity index (χ1n) is 24.2. The van der Waals surface area contributed by atoms with Gasteiger partial charge in [0.25, 0.3) is 0 Å². The lowest BCUT2D eigenvalue weighted by atomic mass is 10.0. The van der Waals surface area contributed by atoms with E-state index in [4.69, 9.17) is 14.2 Å². The summed E-state index contributed by atoms with van der Waals surface area (Å²) in [5.74, 6) is -0.919. The van der Waals surface area contributed by atoms with Crippen LogP contribution >= 0.6 is 0 Å². The molecule has 57 heavy (non-hydrogen) atoms. The minimum atomic E-state index is -0.785. The molecule has 0 heterocycles. The van der Waals surface area contributed by atoms with Crippen LogP contribution in [-0.2, 0) is 28.6 Å². The van der Waals surface area contributed by atoms with E-state index in [1.165, 1.54) is 103 Å². The lowest BCUT2D eigenvalue weighted by molar-refractivity contribution is -0.167. The number of carbonyl (C=O) groups is 3. The van der Waals surface area contributed by atoms with E-state index in [1.54, 1.807) is 0 Å². The number of ether oxygens (including phenoxy) is 3. The summed E-state index contributed by atoms with van der Waals surface area (Å²) in [4.78, 5) is 37.8. The monoisotopic (exact) mass is 799 g/mol. The van der Waals surface area contributed by atoms with Gasteiger partial charge in [-0.3, -0.25) is 14.4 Å². The van der Waals surface area contributed by atoms with E-state index in [2.05, 4.69) is 69.4 Å². The van der Waals surface area contributed by atoms with Crippen molar-refractivity contribution in [3.63, 3.8) is 0 Å². The molecule has 0 aliphatic heterocycles. The fraction of sp³-hybridized carbons (Fsp3) is 0.784. The van der Waals surface area contributed by atoms with Gasteiger partial charge in [0.15, 0.2) is 6.10 Å². The highest BCUT2D eigenvalue weighted by Crippen LogP contribution is 2.14. The first-order valence-corrected chi connectivity index (χ1v) is 24.2.